The van der Waals surface area contributed by atoms with E-state index in [1.165, 1.54) is 24.3 Å². The van der Waals surface area contributed by atoms with Crippen LogP contribution in [0.15, 0.2) is 42.5 Å². The van der Waals surface area contributed by atoms with Crippen LogP contribution in [0.2, 0.25) is 0 Å². The van der Waals surface area contributed by atoms with Gasteiger partial charge >= 0.3 is 0 Å². The molecule has 0 fully saturated rings. The summed E-state index contributed by atoms with van der Waals surface area (Å²) in [6.07, 6.45) is 0.0221. The molecule has 1 nitrogen and oxygen atoms in total. The minimum atomic E-state index is -1.89. The van der Waals surface area contributed by atoms with Gasteiger partial charge in [0, 0.05) is 0 Å². The number of aliphatic hydroxyl groups is 1. The molecule has 0 amide bonds. The van der Waals surface area contributed by atoms with Gasteiger partial charge in [-0.1, -0.05) is 25.1 Å². The van der Waals surface area contributed by atoms with Crippen molar-refractivity contribution in [1.82, 2.24) is 0 Å². The lowest BCUT2D eigenvalue weighted by atomic mass is 9.83. The third-order valence-electron chi connectivity index (χ3n) is 3.19. The van der Waals surface area contributed by atoms with Crippen LogP contribution < -0.4 is 0 Å². The molecule has 4 heteroatoms. The summed E-state index contributed by atoms with van der Waals surface area (Å²) in [6, 6.07) is 8.47. The molecule has 0 aliphatic rings. The monoisotopic (exact) mass is 266 g/mol. The maximum absolute atomic E-state index is 13.8. The Balaban J connectivity index is 2.67. The summed E-state index contributed by atoms with van der Waals surface area (Å²) in [4.78, 5) is 0. The second-order valence-electron chi connectivity index (χ2n) is 4.32. The Morgan fingerprint density at radius 2 is 1.58 bits per heavy atom. The van der Waals surface area contributed by atoms with Gasteiger partial charge < -0.3 is 5.11 Å². The van der Waals surface area contributed by atoms with Gasteiger partial charge in [0.25, 0.3) is 0 Å². The van der Waals surface area contributed by atoms with Crippen LogP contribution in [0.4, 0.5) is 13.2 Å². The number of benzene rings is 2. The third-order valence-corrected chi connectivity index (χ3v) is 3.19. The van der Waals surface area contributed by atoms with E-state index >= 15 is 0 Å². The molecule has 0 aliphatic carbocycles. The second kappa shape index (κ2) is 5.05. The largest absolute Gasteiger partial charge is 0.380 e. The highest BCUT2D eigenvalue weighted by atomic mass is 19.1. The van der Waals surface area contributed by atoms with Gasteiger partial charge in [-0.15, -0.1) is 0 Å². The third kappa shape index (κ3) is 2.36. The molecule has 0 radical (unpaired) electrons. The number of rotatable bonds is 3. The molecule has 2 aromatic rings. The van der Waals surface area contributed by atoms with E-state index in [0.29, 0.717) is 0 Å². The molecule has 1 N–H and O–H groups in total. The van der Waals surface area contributed by atoms with Gasteiger partial charge in [0.05, 0.1) is 5.56 Å². The fourth-order valence-corrected chi connectivity index (χ4v) is 2.16. The topological polar surface area (TPSA) is 20.2 Å². The summed E-state index contributed by atoms with van der Waals surface area (Å²) in [5.74, 6) is -2.27. The highest BCUT2D eigenvalue weighted by Gasteiger charge is 2.35. The van der Waals surface area contributed by atoms with Gasteiger partial charge in [-0.3, -0.25) is 0 Å². The summed E-state index contributed by atoms with van der Waals surface area (Å²) >= 11 is 0. The first-order valence-electron chi connectivity index (χ1n) is 5.92. The molecule has 0 spiro atoms. The standard InChI is InChI=1S/C15H13F3O/c1-2-15(19,10-5-3-6-11(16)9-10)14-12(17)7-4-8-13(14)18/h3-9,19H,2H2,1H3. The number of hydrogen-bond acceptors (Lipinski definition) is 1. The van der Waals surface area contributed by atoms with Crippen LogP contribution in [0.25, 0.3) is 0 Å². The quantitative estimate of drug-likeness (QED) is 0.897. The van der Waals surface area contributed by atoms with Crippen LogP contribution in [0.3, 0.4) is 0 Å². The molecule has 0 heterocycles. The molecule has 0 saturated carbocycles. The molecule has 2 rings (SSSR count). The highest BCUT2D eigenvalue weighted by molar-refractivity contribution is 5.37. The molecular formula is C15H13F3O. The fraction of sp³-hybridized carbons (Fsp3) is 0.200. The van der Waals surface area contributed by atoms with Crippen molar-refractivity contribution in [2.24, 2.45) is 0 Å². The summed E-state index contributed by atoms with van der Waals surface area (Å²) in [5, 5.41) is 10.6. The van der Waals surface area contributed by atoms with Gasteiger partial charge in [-0.25, -0.2) is 13.2 Å². The summed E-state index contributed by atoms with van der Waals surface area (Å²) in [7, 11) is 0. The van der Waals surface area contributed by atoms with Crippen molar-refractivity contribution in [2.75, 3.05) is 0 Å². The molecule has 0 aliphatic heterocycles. The van der Waals surface area contributed by atoms with Crippen molar-refractivity contribution in [2.45, 2.75) is 18.9 Å². The van der Waals surface area contributed by atoms with Crippen LogP contribution in [0, 0.1) is 17.5 Å². The molecule has 1 atom stereocenters. The smallest absolute Gasteiger partial charge is 0.132 e. The zero-order valence-electron chi connectivity index (χ0n) is 10.3. The van der Waals surface area contributed by atoms with E-state index in [-0.39, 0.29) is 12.0 Å². The molecule has 0 aromatic heterocycles. The van der Waals surface area contributed by atoms with Crippen molar-refractivity contribution in [3.05, 3.63) is 71.0 Å². The lowest BCUT2D eigenvalue weighted by Crippen LogP contribution is -2.29. The van der Waals surface area contributed by atoms with Crippen molar-refractivity contribution < 1.29 is 18.3 Å². The normalized spacial score (nSPS) is 14.2. The molecule has 19 heavy (non-hydrogen) atoms. The maximum atomic E-state index is 13.8. The predicted molar refractivity (Wildman–Crippen MR) is 66.0 cm³/mol. The average molecular weight is 266 g/mol. The molecular weight excluding hydrogens is 253 g/mol. The Labute approximate surface area is 109 Å². The van der Waals surface area contributed by atoms with Crippen molar-refractivity contribution in [1.29, 1.82) is 0 Å². The van der Waals surface area contributed by atoms with E-state index in [0.717, 1.165) is 18.2 Å². The Morgan fingerprint density at radius 1 is 1.00 bits per heavy atom. The minimum Gasteiger partial charge on any atom is -0.380 e. The van der Waals surface area contributed by atoms with E-state index in [2.05, 4.69) is 0 Å². The number of halogens is 3. The van der Waals surface area contributed by atoms with Gasteiger partial charge in [0.1, 0.15) is 23.1 Å². The van der Waals surface area contributed by atoms with E-state index in [1.54, 1.807) is 6.92 Å². The van der Waals surface area contributed by atoms with Crippen molar-refractivity contribution in [3.63, 3.8) is 0 Å². The second-order valence-corrected chi connectivity index (χ2v) is 4.32. The first-order valence-corrected chi connectivity index (χ1v) is 5.92. The van der Waals surface area contributed by atoms with Crippen LogP contribution in [-0.4, -0.2) is 5.11 Å². The lowest BCUT2D eigenvalue weighted by Gasteiger charge is -2.28. The predicted octanol–water partition coefficient (Wildman–Crippen LogP) is 3.75. The first-order chi connectivity index (χ1) is 8.99. The first kappa shape index (κ1) is 13.6. The zero-order valence-corrected chi connectivity index (χ0v) is 10.3. The van der Waals surface area contributed by atoms with Crippen molar-refractivity contribution in [3.8, 4) is 0 Å². The van der Waals surface area contributed by atoms with E-state index in [9.17, 15) is 18.3 Å². The SMILES string of the molecule is CCC(O)(c1cccc(F)c1)c1c(F)cccc1F. The zero-order chi connectivity index (χ0) is 14.0. The molecule has 0 bridgehead atoms. The van der Waals surface area contributed by atoms with Crippen LogP contribution in [0.5, 0.6) is 0 Å². The summed E-state index contributed by atoms with van der Waals surface area (Å²) in [5.41, 5.74) is -2.22. The summed E-state index contributed by atoms with van der Waals surface area (Å²) < 4.78 is 40.9. The maximum Gasteiger partial charge on any atom is 0.132 e. The average Bonchev–Trinajstić information content (AvgIpc) is 2.38. The highest BCUT2D eigenvalue weighted by Crippen LogP contribution is 2.36. The lowest BCUT2D eigenvalue weighted by molar-refractivity contribution is 0.0680. The van der Waals surface area contributed by atoms with Gasteiger partial charge in [-0.05, 0) is 36.2 Å². The van der Waals surface area contributed by atoms with Crippen molar-refractivity contribution >= 4 is 0 Å². The van der Waals surface area contributed by atoms with Gasteiger partial charge in [0.15, 0.2) is 0 Å². The Bertz CT molecular complexity index is 577. The van der Waals surface area contributed by atoms with Gasteiger partial charge in [0.2, 0.25) is 0 Å². The van der Waals surface area contributed by atoms with E-state index in [4.69, 9.17) is 0 Å². The number of hydrogen-bond donors (Lipinski definition) is 1. The molecule has 0 saturated heterocycles. The van der Waals surface area contributed by atoms with Crippen LogP contribution in [0.1, 0.15) is 24.5 Å². The summed E-state index contributed by atoms with van der Waals surface area (Å²) in [6.45, 7) is 1.58. The minimum absolute atomic E-state index is 0.0221. The fourth-order valence-electron chi connectivity index (χ4n) is 2.16. The Hall–Kier alpha value is -1.81. The van der Waals surface area contributed by atoms with Crippen LogP contribution in [-0.2, 0) is 5.60 Å². The molecule has 2 aromatic carbocycles. The van der Waals surface area contributed by atoms with E-state index < -0.39 is 28.6 Å². The Morgan fingerprint density at radius 3 is 2.11 bits per heavy atom. The van der Waals surface area contributed by atoms with E-state index in [1.807, 2.05) is 0 Å². The van der Waals surface area contributed by atoms with Crippen LogP contribution >= 0.6 is 0 Å². The Kier molecular flexibility index (Phi) is 3.62. The van der Waals surface area contributed by atoms with Gasteiger partial charge in [-0.2, -0.15) is 0 Å². The molecule has 100 valence electrons. The molecule has 1 unspecified atom stereocenters.